The van der Waals surface area contributed by atoms with Crippen LogP contribution in [-0.4, -0.2) is 33.4 Å². The summed E-state index contributed by atoms with van der Waals surface area (Å²) in [6.45, 7) is 1.27. The molecule has 27 heavy (non-hydrogen) atoms. The minimum Gasteiger partial charge on any atom is -0.372 e. The lowest BCUT2D eigenvalue weighted by molar-refractivity contribution is 0.0676. The number of nitrogens with one attached hydrogen (secondary N) is 1. The van der Waals surface area contributed by atoms with Crippen molar-refractivity contribution < 1.29 is 9.18 Å². The van der Waals surface area contributed by atoms with Gasteiger partial charge in [0.25, 0.3) is 5.91 Å². The first-order valence-corrected chi connectivity index (χ1v) is 9.12. The number of pyridine rings is 1. The Labute approximate surface area is 156 Å². The second-order valence-electron chi connectivity index (χ2n) is 7.17. The zero-order chi connectivity index (χ0) is 18.4. The molecule has 6 heteroatoms. The third-order valence-corrected chi connectivity index (χ3v) is 5.64. The van der Waals surface area contributed by atoms with E-state index in [1.54, 1.807) is 36.7 Å². The lowest BCUT2D eigenvalue weighted by Crippen LogP contribution is -2.51. The Morgan fingerprint density at radius 3 is 2.78 bits per heavy atom. The fourth-order valence-corrected chi connectivity index (χ4v) is 4.27. The van der Waals surface area contributed by atoms with Crippen LogP contribution in [0, 0.1) is 5.82 Å². The molecule has 0 saturated carbocycles. The highest BCUT2D eigenvalue weighted by Gasteiger charge is 2.42. The summed E-state index contributed by atoms with van der Waals surface area (Å²) in [5.41, 5.74) is 3.23. The van der Waals surface area contributed by atoms with E-state index >= 15 is 0 Å². The molecule has 4 heterocycles. The summed E-state index contributed by atoms with van der Waals surface area (Å²) in [6, 6.07) is 12.5. The number of likely N-dealkylation sites (tertiary alicyclic amines) is 1. The number of halogens is 1. The van der Waals surface area contributed by atoms with Crippen LogP contribution in [0.5, 0.6) is 0 Å². The van der Waals surface area contributed by atoms with Crippen LogP contribution >= 0.6 is 0 Å². The number of anilines is 1. The maximum atomic E-state index is 13.8. The van der Waals surface area contributed by atoms with Gasteiger partial charge in [-0.2, -0.15) is 0 Å². The predicted molar refractivity (Wildman–Crippen MR) is 100 cm³/mol. The highest BCUT2D eigenvalue weighted by Crippen LogP contribution is 2.43. The van der Waals surface area contributed by atoms with Crippen molar-refractivity contribution in [2.45, 2.75) is 18.4 Å². The molecule has 5 nitrogen and oxygen atoms in total. The van der Waals surface area contributed by atoms with E-state index < -0.39 is 0 Å². The summed E-state index contributed by atoms with van der Waals surface area (Å²) in [5.74, 6) is -0.244. The third-order valence-electron chi connectivity index (χ3n) is 5.64. The zero-order valence-corrected chi connectivity index (χ0v) is 14.7. The monoisotopic (exact) mass is 362 g/mol. The molecule has 1 aromatic carbocycles. The van der Waals surface area contributed by atoms with Crippen molar-refractivity contribution >= 4 is 11.6 Å². The second-order valence-corrected chi connectivity index (χ2v) is 7.17. The Morgan fingerprint density at radius 1 is 1.15 bits per heavy atom. The van der Waals surface area contributed by atoms with Gasteiger partial charge in [0.05, 0.1) is 22.5 Å². The largest absolute Gasteiger partial charge is 0.372 e. The molecule has 0 atom stereocenters. The molecule has 5 rings (SSSR count). The van der Waals surface area contributed by atoms with Crippen molar-refractivity contribution in [1.82, 2.24) is 14.5 Å². The molecular formula is C21H19FN4O. The molecule has 3 aromatic rings. The molecule has 1 spiro atoms. The van der Waals surface area contributed by atoms with Gasteiger partial charge in [-0.3, -0.25) is 9.78 Å². The van der Waals surface area contributed by atoms with Crippen LogP contribution < -0.4 is 5.32 Å². The van der Waals surface area contributed by atoms with Gasteiger partial charge in [-0.15, -0.1) is 0 Å². The molecule has 0 bridgehead atoms. The van der Waals surface area contributed by atoms with Gasteiger partial charge in [0.2, 0.25) is 0 Å². The fraction of sp³-hybridized carbons (Fsp3) is 0.238. The summed E-state index contributed by atoms with van der Waals surface area (Å²) in [4.78, 5) is 18.6. The zero-order valence-electron chi connectivity index (χ0n) is 14.7. The Balaban J connectivity index is 1.44. The van der Waals surface area contributed by atoms with Gasteiger partial charge in [-0.1, -0.05) is 0 Å². The van der Waals surface area contributed by atoms with Gasteiger partial charge >= 0.3 is 0 Å². The first-order valence-electron chi connectivity index (χ1n) is 9.12. The number of carbonyl (C=O) groups excluding carboxylic acids is 1. The molecule has 136 valence electrons. The van der Waals surface area contributed by atoms with E-state index in [1.165, 1.54) is 6.07 Å². The number of carbonyl (C=O) groups is 1. The van der Waals surface area contributed by atoms with Crippen molar-refractivity contribution in [1.29, 1.82) is 0 Å². The fourth-order valence-electron chi connectivity index (χ4n) is 4.27. The lowest BCUT2D eigenvalue weighted by atomic mass is 9.82. The van der Waals surface area contributed by atoms with Crippen molar-refractivity contribution in [3.05, 3.63) is 78.1 Å². The Morgan fingerprint density at radius 2 is 2.00 bits per heavy atom. The smallest absolute Gasteiger partial charge is 0.255 e. The third kappa shape index (κ3) is 2.51. The number of hydrogen-bond donors (Lipinski definition) is 1. The minimum atomic E-state index is -0.296. The van der Waals surface area contributed by atoms with Gasteiger partial charge in [-0.05, 0) is 55.3 Å². The number of hydrogen-bond acceptors (Lipinski definition) is 3. The minimum absolute atomic E-state index is 0.00980. The van der Waals surface area contributed by atoms with Crippen molar-refractivity contribution in [3.63, 3.8) is 0 Å². The molecule has 1 saturated heterocycles. The topological polar surface area (TPSA) is 50.2 Å². The number of amides is 1. The van der Waals surface area contributed by atoms with Crippen LogP contribution in [0.2, 0.25) is 0 Å². The summed E-state index contributed by atoms with van der Waals surface area (Å²) in [6.07, 6.45) is 6.81. The van der Waals surface area contributed by atoms with Crippen molar-refractivity contribution in [2.24, 2.45) is 0 Å². The molecule has 0 aliphatic carbocycles. The predicted octanol–water partition coefficient (Wildman–Crippen LogP) is 3.57. The number of nitrogens with zero attached hydrogens (tertiary/aromatic N) is 3. The van der Waals surface area contributed by atoms with Gasteiger partial charge in [0, 0.05) is 37.4 Å². The number of rotatable bonds is 1. The maximum Gasteiger partial charge on any atom is 0.255 e. The van der Waals surface area contributed by atoms with Crippen molar-refractivity contribution in [2.75, 3.05) is 18.4 Å². The van der Waals surface area contributed by atoms with Gasteiger partial charge in [0.1, 0.15) is 5.82 Å². The number of aromatic nitrogens is 2. The molecule has 1 fully saturated rings. The highest BCUT2D eigenvalue weighted by atomic mass is 19.1. The highest BCUT2D eigenvalue weighted by molar-refractivity contribution is 5.94. The van der Waals surface area contributed by atoms with E-state index in [9.17, 15) is 9.18 Å². The molecule has 1 N–H and O–H groups in total. The standard InChI is InChI=1S/C21H19FN4O/c22-16-5-6-18-17(13-16)24-21(19-4-2-10-26(18)19)7-11-25(12-8-21)20(27)15-3-1-9-23-14-15/h1-6,9-10,13-14,24H,7-8,11-12H2. The van der Waals surface area contributed by atoms with E-state index in [4.69, 9.17) is 0 Å². The Hall–Kier alpha value is -3.15. The summed E-state index contributed by atoms with van der Waals surface area (Å²) < 4.78 is 15.9. The van der Waals surface area contributed by atoms with Crippen LogP contribution in [0.4, 0.5) is 10.1 Å². The molecular weight excluding hydrogens is 343 g/mol. The molecule has 0 unspecified atom stereocenters. The quantitative estimate of drug-likeness (QED) is 0.720. The molecule has 2 aromatic heterocycles. The van der Waals surface area contributed by atoms with E-state index in [0.29, 0.717) is 18.7 Å². The summed E-state index contributed by atoms with van der Waals surface area (Å²) in [7, 11) is 0. The summed E-state index contributed by atoms with van der Waals surface area (Å²) >= 11 is 0. The van der Waals surface area contributed by atoms with Gasteiger partial charge in [0.15, 0.2) is 0 Å². The average molecular weight is 362 g/mol. The molecule has 0 radical (unpaired) electrons. The first kappa shape index (κ1) is 16.1. The number of benzene rings is 1. The van der Waals surface area contributed by atoms with Crippen LogP contribution in [0.15, 0.2) is 61.1 Å². The van der Waals surface area contributed by atoms with E-state index in [0.717, 1.165) is 29.9 Å². The molecule has 2 aliphatic rings. The summed E-state index contributed by atoms with van der Waals surface area (Å²) in [5, 5.41) is 3.58. The number of fused-ring (bicyclic) bond motifs is 4. The number of piperidine rings is 1. The second kappa shape index (κ2) is 5.94. The van der Waals surface area contributed by atoms with E-state index in [2.05, 4.69) is 20.9 Å². The van der Waals surface area contributed by atoms with E-state index in [-0.39, 0.29) is 17.3 Å². The molecule has 1 amide bonds. The van der Waals surface area contributed by atoms with Gasteiger partial charge < -0.3 is 14.8 Å². The normalized spacial score (nSPS) is 17.1. The SMILES string of the molecule is O=C(c1cccnc1)N1CCC2(CC1)Nc1cc(F)ccc1-n1cccc12. The van der Waals surface area contributed by atoms with Gasteiger partial charge in [-0.25, -0.2) is 4.39 Å². The van der Waals surface area contributed by atoms with Crippen LogP contribution in [-0.2, 0) is 5.54 Å². The van der Waals surface area contributed by atoms with Crippen LogP contribution in [0.3, 0.4) is 0 Å². The van der Waals surface area contributed by atoms with E-state index in [1.807, 2.05) is 17.2 Å². The Bertz CT molecular complexity index is 1010. The molecule has 2 aliphatic heterocycles. The van der Waals surface area contributed by atoms with Crippen LogP contribution in [0.25, 0.3) is 5.69 Å². The van der Waals surface area contributed by atoms with Crippen LogP contribution in [0.1, 0.15) is 28.9 Å². The maximum absolute atomic E-state index is 13.8. The lowest BCUT2D eigenvalue weighted by Gasteiger charge is -2.46. The van der Waals surface area contributed by atoms with Crippen molar-refractivity contribution in [3.8, 4) is 5.69 Å². The average Bonchev–Trinajstić information content (AvgIpc) is 3.20. The Kier molecular flexibility index (Phi) is 3.53. The first-order chi connectivity index (χ1) is 13.2.